The van der Waals surface area contributed by atoms with Crippen molar-refractivity contribution in [3.63, 3.8) is 0 Å². The zero-order valence-electron chi connectivity index (χ0n) is 54.9. The number of esters is 1. The number of Topliss-reactive ketones (excluding diaryl/α,β-unsaturated/α-hetero) is 3. The highest BCUT2D eigenvalue weighted by atomic mass is 32.1. The third-order valence-electron chi connectivity index (χ3n) is 15.3. The standard InChI is InChI=1S/C65H105N7O16S/c1-12-27-72(63(81)51(45(6)14-3)39-55(75)53-17-15-16-28-71(53)11)54(44(4)5)40-57(86-29-13-2)62-70-52(43-89-62)61(80)69-48(38-47-18-20-49(73)21-19-47)37-46(7)56(76)42-68-64(82)87-36-35-85-34-33-84-32-31-83-30-26-66-58(77)23-22-50(74)41-67-59(78)24-25-60(79)88-65(8,9)10/h18-21,43-46,48,51,53-54,57,73H,12-17,22-42H2,1-11H3,(H,66,77)(H,67,78)(H,68,82)(H,69,80)/t45-,46-,48+,51-,53+,54+,57+/m0/s1. The van der Waals surface area contributed by atoms with Crippen molar-refractivity contribution in [3.8, 4) is 5.75 Å². The molecule has 5 amide bonds. The average molecular weight is 1270 g/mol. The summed E-state index contributed by atoms with van der Waals surface area (Å²) in [5, 5.41) is 23.0. The first kappa shape index (κ1) is 77.3. The summed E-state index contributed by atoms with van der Waals surface area (Å²) in [4.78, 5) is 126. The van der Waals surface area contributed by atoms with Crippen LogP contribution in [0.15, 0.2) is 29.6 Å². The molecule has 7 atom stereocenters. The number of rotatable bonds is 45. The summed E-state index contributed by atoms with van der Waals surface area (Å²) in [5.41, 5.74) is 0.345. The number of aromatic hydroxyl groups is 1. The number of ether oxygens (including phenoxy) is 6. The van der Waals surface area contributed by atoms with E-state index >= 15 is 0 Å². The van der Waals surface area contributed by atoms with Gasteiger partial charge in [-0.15, -0.1) is 11.3 Å². The molecule has 23 nitrogen and oxygen atoms in total. The molecule has 0 spiro atoms. The molecule has 5 N–H and O–H groups in total. The Morgan fingerprint density at radius 1 is 0.775 bits per heavy atom. The second kappa shape index (κ2) is 42.2. The van der Waals surface area contributed by atoms with E-state index < -0.39 is 53.5 Å². The van der Waals surface area contributed by atoms with Crippen LogP contribution >= 0.6 is 11.3 Å². The highest BCUT2D eigenvalue weighted by Crippen LogP contribution is 2.34. The molecule has 1 fully saturated rings. The molecule has 1 aliphatic rings. The Morgan fingerprint density at radius 3 is 2.06 bits per heavy atom. The predicted octanol–water partition coefficient (Wildman–Crippen LogP) is 7.49. The fourth-order valence-corrected chi connectivity index (χ4v) is 11.1. The van der Waals surface area contributed by atoms with E-state index in [9.17, 15) is 48.3 Å². The number of nitrogens with zero attached hydrogens (tertiary/aromatic N) is 3. The van der Waals surface area contributed by atoms with Crippen LogP contribution in [0.5, 0.6) is 5.75 Å². The van der Waals surface area contributed by atoms with Gasteiger partial charge in [0.15, 0.2) is 17.3 Å². The van der Waals surface area contributed by atoms with E-state index in [2.05, 4.69) is 60.8 Å². The van der Waals surface area contributed by atoms with Gasteiger partial charge < -0.3 is 59.7 Å². The van der Waals surface area contributed by atoms with Gasteiger partial charge in [-0.2, -0.15) is 0 Å². The lowest BCUT2D eigenvalue weighted by atomic mass is 9.82. The Morgan fingerprint density at radius 2 is 1.43 bits per heavy atom. The maximum atomic E-state index is 14.9. The highest BCUT2D eigenvalue weighted by molar-refractivity contribution is 7.09. The first-order chi connectivity index (χ1) is 42.3. The maximum Gasteiger partial charge on any atom is 0.407 e. The fraction of sp³-hybridized carbons (Fsp3) is 0.723. The van der Waals surface area contributed by atoms with Crippen LogP contribution in [-0.2, 0) is 68.4 Å². The Balaban J connectivity index is 1.44. The van der Waals surface area contributed by atoms with Gasteiger partial charge in [-0.3, -0.25) is 43.3 Å². The largest absolute Gasteiger partial charge is 0.508 e. The number of phenols is 1. The average Bonchev–Trinajstić information content (AvgIpc) is 3.87. The molecule has 0 radical (unpaired) electrons. The molecule has 1 saturated heterocycles. The Bertz CT molecular complexity index is 2490. The molecular formula is C65H105N7O16S. The van der Waals surface area contributed by atoms with Crippen molar-refractivity contribution in [2.45, 2.75) is 189 Å². The highest BCUT2D eigenvalue weighted by Gasteiger charge is 2.39. The Kier molecular flexibility index (Phi) is 36.7. The summed E-state index contributed by atoms with van der Waals surface area (Å²) in [7, 11) is 2.00. The minimum atomic E-state index is -0.800. The number of aromatic nitrogens is 1. The van der Waals surface area contributed by atoms with E-state index in [1.165, 1.54) is 11.3 Å². The van der Waals surface area contributed by atoms with E-state index in [1.807, 2.05) is 18.9 Å². The first-order valence-corrected chi connectivity index (χ1v) is 32.9. The van der Waals surface area contributed by atoms with Gasteiger partial charge in [-0.1, -0.05) is 73.4 Å². The number of hydrogen-bond acceptors (Lipinski definition) is 19. The number of benzene rings is 1. The normalized spacial score (nSPS) is 15.6. The number of phenolic OH excluding ortho intramolecular Hbond substituents is 1. The SMILES string of the molecule is CCCO[C@H](C[C@H](C(C)C)N(CCC)C(=O)[C@@H](CC(=O)[C@H]1CCCCN1C)[C@@H](C)CC)c1nc(C(=O)N[C@@H](Cc2ccc(O)cc2)C[C@H](C)C(=O)CNC(=O)OCCOCCOCCOCCNC(=O)CCC(=O)CNC(=O)CCC(=O)OC(C)(C)C)cs1. The van der Waals surface area contributed by atoms with Crippen LogP contribution in [0.4, 0.5) is 4.79 Å². The molecule has 89 heavy (non-hydrogen) atoms. The molecule has 2 heterocycles. The van der Waals surface area contributed by atoms with Crippen molar-refractivity contribution < 1.29 is 76.7 Å². The van der Waals surface area contributed by atoms with Crippen LogP contribution < -0.4 is 21.3 Å². The van der Waals surface area contributed by atoms with E-state index in [-0.39, 0.29) is 169 Å². The number of ketones is 3. The molecule has 2 aromatic rings. The minimum Gasteiger partial charge on any atom is -0.508 e. The number of hydrogen-bond donors (Lipinski definition) is 5. The third-order valence-corrected chi connectivity index (χ3v) is 16.3. The third kappa shape index (κ3) is 31.1. The van der Waals surface area contributed by atoms with Crippen molar-refractivity contribution in [3.05, 3.63) is 45.9 Å². The van der Waals surface area contributed by atoms with Crippen LogP contribution in [-0.4, -0.2) is 189 Å². The Labute approximate surface area is 531 Å². The molecule has 24 heteroatoms. The second-order valence-electron chi connectivity index (χ2n) is 24.4. The number of carbonyl (C=O) groups excluding carboxylic acids is 9. The molecule has 0 bridgehead atoms. The number of nitrogens with one attached hydrogen (secondary N) is 4. The van der Waals surface area contributed by atoms with E-state index in [1.54, 1.807) is 57.3 Å². The number of amides is 5. The molecule has 0 aliphatic carbocycles. The lowest BCUT2D eigenvalue weighted by Crippen LogP contribution is -2.50. The molecular weight excluding hydrogens is 1170 g/mol. The summed E-state index contributed by atoms with van der Waals surface area (Å²) in [6.45, 7) is 22.1. The first-order valence-electron chi connectivity index (χ1n) is 32.0. The van der Waals surface area contributed by atoms with Crippen molar-refractivity contribution in [2.24, 2.45) is 23.7 Å². The molecule has 1 aromatic heterocycles. The van der Waals surface area contributed by atoms with Gasteiger partial charge in [0, 0.05) is 81.1 Å². The summed E-state index contributed by atoms with van der Waals surface area (Å²) >= 11 is 1.31. The maximum absolute atomic E-state index is 14.9. The van der Waals surface area contributed by atoms with E-state index in [4.69, 9.17) is 33.4 Å². The van der Waals surface area contributed by atoms with E-state index in [0.717, 1.165) is 50.6 Å². The number of likely N-dealkylation sites (tertiary alicyclic amines) is 1. The number of thiazole rings is 1. The molecule has 3 rings (SSSR count). The monoisotopic (exact) mass is 1270 g/mol. The van der Waals surface area contributed by atoms with Gasteiger partial charge in [0.25, 0.3) is 5.91 Å². The van der Waals surface area contributed by atoms with Crippen LogP contribution in [0, 0.1) is 23.7 Å². The molecule has 1 aliphatic heterocycles. The quantitative estimate of drug-likeness (QED) is 0.0317. The Hall–Kier alpha value is -5.92. The number of alkyl carbamates (subject to hydrolysis) is 1. The minimum absolute atomic E-state index is 0.00332. The topological polar surface area (TPSA) is 297 Å². The van der Waals surface area contributed by atoms with Crippen molar-refractivity contribution >= 4 is 64.4 Å². The number of carbonyl (C=O) groups is 9. The molecule has 502 valence electrons. The zero-order chi connectivity index (χ0) is 65.9. The van der Waals surface area contributed by atoms with Crippen LogP contribution in [0.3, 0.4) is 0 Å². The van der Waals surface area contributed by atoms with Gasteiger partial charge in [0.2, 0.25) is 17.7 Å². The van der Waals surface area contributed by atoms with Gasteiger partial charge in [0.05, 0.1) is 65.2 Å². The number of piperidine rings is 1. The van der Waals surface area contributed by atoms with Gasteiger partial charge >= 0.3 is 12.1 Å². The zero-order valence-corrected chi connectivity index (χ0v) is 55.7. The number of likely N-dealkylation sites (N-methyl/N-ethyl adjacent to an activating group) is 1. The van der Waals surface area contributed by atoms with Crippen LogP contribution in [0.2, 0.25) is 0 Å². The fourth-order valence-electron chi connectivity index (χ4n) is 10.2. The van der Waals surface area contributed by atoms with Crippen molar-refractivity contribution in [2.75, 3.05) is 92.6 Å². The van der Waals surface area contributed by atoms with Gasteiger partial charge in [-0.05, 0) is 102 Å². The second-order valence-corrected chi connectivity index (χ2v) is 25.3. The summed E-state index contributed by atoms with van der Waals surface area (Å²) in [6.07, 6.45) is 4.69. The van der Waals surface area contributed by atoms with E-state index in [0.29, 0.717) is 31.0 Å². The summed E-state index contributed by atoms with van der Waals surface area (Å²) in [6, 6.07) is 5.64. The molecule has 1 aromatic carbocycles. The van der Waals surface area contributed by atoms with Crippen molar-refractivity contribution in [1.82, 2.24) is 36.1 Å². The predicted molar refractivity (Wildman–Crippen MR) is 338 cm³/mol. The molecule has 0 saturated carbocycles. The lowest BCUT2D eigenvalue weighted by Gasteiger charge is -2.40. The van der Waals surface area contributed by atoms with Gasteiger partial charge in [0.1, 0.15) is 34.8 Å². The smallest absolute Gasteiger partial charge is 0.407 e. The van der Waals surface area contributed by atoms with Crippen LogP contribution in [0.1, 0.15) is 180 Å². The van der Waals surface area contributed by atoms with Gasteiger partial charge in [-0.25, -0.2) is 9.78 Å². The molecule has 0 unspecified atom stereocenters. The summed E-state index contributed by atoms with van der Waals surface area (Å²) in [5.74, 6) is -3.15. The summed E-state index contributed by atoms with van der Waals surface area (Å²) < 4.78 is 33.3. The van der Waals surface area contributed by atoms with Crippen molar-refractivity contribution in [1.29, 1.82) is 0 Å². The van der Waals surface area contributed by atoms with Crippen LogP contribution in [0.25, 0.3) is 0 Å². The lowest BCUT2D eigenvalue weighted by molar-refractivity contribution is -0.155.